The maximum absolute atomic E-state index is 12.3. The third kappa shape index (κ3) is 4.73. The van der Waals surface area contributed by atoms with Gasteiger partial charge in [-0.05, 0) is 56.6 Å². The monoisotopic (exact) mass is 333 g/mol. The van der Waals surface area contributed by atoms with Gasteiger partial charge in [0.15, 0.2) is 0 Å². The molecule has 0 radical (unpaired) electrons. The zero-order chi connectivity index (χ0) is 17.6. The molecular formula is C20H31NO3. The number of carbonyl (C=O) groups excluding carboxylic acids is 1. The zero-order valence-electron chi connectivity index (χ0n) is 15.3. The summed E-state index contributed by atoms with van der Waals surface area (Å²) in [5.41, 5.74) is 2.39. The lowest BCUT2D eigenvalue weighted by molar-refractivity contribution is -0.134. The molecule has 1 aromatic carbocycles. The van der Waals surface area contributed by atoms with E-state index < -0.39 is 0 Å². The van der Waals surface area contributed by atoms with Crippen LogP contribution in [0.1, 0.15) is 50.2 Å². The number of piperidine rings is 1. The van der Waals surface area contributed by atoms with Gasteiger partial charge in [0, 0.05) is 26.1 Å². The lowest BCUT2D eigenvalue weighted by atomic mass is 9.77. The lowest BCUT2D eigenvalue weighted by Gasteiger charge is -2.40. The van der Waals surface area contributed by atoms with Crippen molar-refractivity contribution in [2.45, 2.75) is 52.9 Å². The van der Waals surface area contributed by atoms with Crippen molar-refractivity contribution >= 4 is 5.91 Å². The minimum Gasteiger partial charge on any atom is -0.493 e. The van der Waals surface area contributed by atoms with Gasteiger partial charge in [-0.15, -0.1) is 0 Å². The van der Waals surface area contributed by atoms with E-state index in [1.54, 1.807) is 0 Å². The molecule has 0 unspecified atom stereocenters. The Bertz CT molecular complexity index is 542. The van der Waals surface area contributed by atoms with Gasteiger partial charge in [0.05, 0.1) is 6.61 Å². The fourth-order valence-corrected chi connectivity index (χ4v) is 3.38. The standard InChI is InChI=1S/C20H31NO3/c1-4-20(15-22)9-11-21(12-10-20)19(23)6-5-13-24-18-8-7-16(2)14-17(18)3/h7-8,14,22H,4-6,9-13,15H2,1-3H3. The number of amides is 1. The number of likely N-dealkylation sites (tertiary alicyclic amines) is 1. The minimum atomic E-state index is 0.0306. The van der Waals surface area contributed by atoms with Crippen LogP contribution < -0.4 is 4.74 Å². The van der Waals surface area contributed by atoms with Crippen LogP contribution in [0.4, 0.5) is 0 Å². The minimum absolute atomic E-state index is 0.0306. The highest BCUT2D eigenvalue weighted by Crippen LogP contribution is 2.34. The van der Waals surface area contributed by atoms with Crippen LogP contribution in [0.25, 0.3) is 0 Å². The van der Waals surface area contributed by atoms with Crippen LogP contribution >= 0.6 is 0 Å². The summed E-state index contributed by atoms with van der Waals surface area (Å²) in [6.45, 7) is 8.57. The number of aliphatic hydroxyl groups excluding tert-OH is 1. The van der Waals surface area contributed by atoms with Crippen LogP contribution in [0.15, 0.2) is 18.2 Å². The number of benzene rings is 1. The molecule has 1 heterocycles. The van der Waals surface area contributed by atoms with E-state index in [2.05, 4.69) is 19.9 Å². The Morgan fingerprint density at radius 2 is 2.00 bits per heavy atom. The van der Waals surface area contributed by atoms with E-state index in [9.17, 15) is 9.90 Å². The number of aryl methyl sites for hydroxylation is 2. The Morgan fingerprint density at radius 1 is 1.29 bits per heavy atom. The van der Waals surface area contributed by atoms with Crippen molar-refractivity contribution in [1.29, 1.82) is 0 Å². The van der Waals surface area contributed by atoms with Crippen molar-refractivity contribution in [3.05, 3.63) is 29.3 Å². The number of nitrogens with zero attached hydrogens (tertiary/aromatic N) is 1. The average Bonchev–Trinajstić information content (AvgIpc) is 2.60. The number of aliphatic hydroxyl groups is 1. The predicted octanol–water partition coefficient (Wildman–Crippen LogP) is 3.47. The second kappa shape index (κ2) is 8.52. The Kier molecular flexibility index (Phi) is 6.67. The van der Waals surface area contributed by atoms with Crippen LogP contribution in [0, 0.1) is 19.3 Å². The molecule has 1 N–H and O–H groups in total. The van der Waals surface area contributed by atoms with E-state index in [1.807, 2.05) is 24.0 Å². The van der Waals surface area contributed by atoms with Crippen LogP contribution in [0.2, 0.25) is 0 Å². The Hall–Kier alpha value is -1.55. The summed E-state index contributed by atoms with van der Waals surface area (Å²) in [5, 5.41) is 9.57. The van der Waals surface area contributed by atoms with Crippen molar-refractivity contribution in [3.63, 3.8) is 0 Å². The van der Waals surface area contributed by atoms with Crippen molar-refractivity contribution in [2.75, 3.05) is 26.3 Å². The summed E-state index contributed by atoms with van der Waals surface area (Å²) in [6, 6.07) is 6.15. The molecule has 1 aromatic rings. The lowest BCUT2D eigenvalue weighted by Crippen LogP contribution is -2.44. The van der Waals surface area contributed by atoms with Crippen molar-refractivity contribution < 1.29 is 14.6 Å². The Balaban J connectivity index is 1.70. The molecule has 24 heavy (non-hydrogen) atoms. The molecule has 0 aliphatic carbocycles. The van der Waals surface area contributed by atoms with Crippen molar-refractivity contribution in [2.24, 2.45) is 5.41 Å². The van der Waals surface area contributed by atoms with E-state index in [0.29, 0.717) is 13.0 Å². The van der Waals surface area contributed by atoms with Crippen LogP contribution in [0.5, 0.6) is 5.75 Å². The second-order valence-corrected chi connectivity index (χ2v) is 7.11. The van der Waals surface area contributed by atoms with Gasteiger partial charge in [0.25, 0.3) is 0 Å². The predicted molar refractivity (Wildman–Crippen MR) is 96.3 cm³/mol. The molecule has 1 saturated heterocycles. The van der Waals surface area contributed by atoms with Gasteiger partial charge in [-0.3, -0.25) is 4.79 Å². The topological polar surface area (TPSA) is 49.8 Å². The smallest absolute Gasteiger partial charge is 0.222 e. The summed E-state index contributed by atoms with van der Waals surface area (Å²) in [4.78, 5) is 14.3. The van der Waals surface area contributed by atoms with Gasteiger partial charge in [-0.2, -0.15) is 0 Å². The summed E-state index contributed by atoms with van der Waals surface area (Å²) in [6.07, 6.45) is 4.07. The van der Waals surface area contributed by atoms with E-state index in [0.717, 1.165) is 50.1 Å². The van der Waals surface area contributed by atoms with E-state index in [1.165, 1.54) is 5.56 Å². The number of hydrogen-bond donors (Lipinski definition) is 1. The second-order valence-electron chi connectivity index (χ2n) is 7.11. The van der Waals surface area contributed by atoms with Gasteiger partial charge in [-0.1, -0.05) is 24.6 Å². The van der Waals surface area contributed by atoms with Gasteiger partial charge < -0.3 is 14.7 Å². The summed E-state index contributed by atoms with van der Waals surface area (Å²) in [7, 11) is 0. The molecule has 0 atom stereocenters. The fraction of sp³-hybridized carbons (Fsp3) is 0.650. The quantitative estimate of drug-likeness (QED) is 0.777. The van der Waals surface area contributed by atoms with Gasteiger partial charge >= 0.3 is 0 Å². The number of hydrogen-bond acceptors (Lipinski definition) is 3. The number of ether oxygens (including phenoxy) is 1. The van der Waals surface area contributed by atoms with Crippen molar-refractivity contribution in [1.82, 2.24) is 4.90 Å². The molecule has 134 valence electrons. The van der Waals surface area contributed by atoms with Crippen LogP contribution in [0.3, 0.4) is 0 Å². The fourth-order valence-electron chi connectivity index (χ4n) is 3.38. The summed E-state index contributed by atoms with van der Waals surface area (Å²) in [5.74, 6) is 1.11. The molecule has 1 aliphatic rings. The summed E-state index contributed by atoms with van der Waals surface area (Å²) >= 11 is 0. The molecule has 1 amide bonds. The van der Waals surface area contributed by atoms with Gasteiger partial charge in [0.2, 0.25) is 5.91 Å². The van der Waals surface area contributed by atoms with E-state index >= 15 is 0 Å². The largest absolute Gasteiger partial charge is 0.493 e. The van der Waals surface area contributed by atoms with Crippen LogP contribution in [-0.2, 0) is 4.79 Å². The highest BCUT2D eigenvalue weighted by Gasteiger charge is 2.33. The number of rotatable bonds is 7. The third-order valence-corrected chi connectivity index (χ3v) is 5.39. The molecule has 0 bridgehead atoms. The summed E-state index contributed by atoms with van der Waals surface area (Å²) < 4.78 is 5.79. The molecule has 2 rings (SSSR count). The van der Waals surface area contributed by atoms with E-state index in [4.69, 9.17) is 4.74 Å². The Labute approximate surface area is 145 Å². The average molecular weight is 333 g/mol. The molecule has 1 aliphatic heterocycles. The zero-order valence-corrected chi connectivity index (χ0v) is 15.3. The highest BCUT2D eigenvalue weighted by molar-refractivity contribution is 5.76. The molecule has 4 heteroatoms. The molecule has 4 nitrogen and oxygen atoms in total. The van der Waals surface area contributed by atoms with E-state index in [-0.39, 0.29) is 17.9 Å². The first-order valence-corrected chi connectivity index (χ1v) is 9.08. The van der Waals surface area contributed by atoms with Gasteiger partial charge in [-0.25, -0.2) is 0 Å². The molecule has 0 spiro atoms. The van der Waals surface area contributed by atoms with Gasteiger partial charge in [0.1, 0.15) is 5.75 Å². The first-order valence-electron chi connectivity index (χ1n) is 9.08. The number of carbonyl (C=O) groups is 1. The molecule has 0 saturated carbocycles. The maximum Gasteiger partial charge on any atom is 0.222 e. The normalized spacial score (nSPS) is 16.9. The first kappa shape index (κ1) is 18.8. The molecular weight excluding hydrogens is 302 g/mol. The molecule has 0 aromatic heterocycles. The van der Waals surface area contributed by atoms with Crippen LogP contribution in [-0.4, -0.2) is 42.2 Å². The third-order valence-electron chi connectivity index (χ3n) is 5.39. The van der Waals surface area contributed by atoms with Crippen molar-refractivity contribution in [3.8, 4) is 5.75 Å². The molecule has 1 fully saturated rings. The SMILES string of the molecule is CCC1(CO)CCN(C(=O)CCCOc2ccc(C)cc2C)CC1. The maximum atomic E-state index is 12.3. The Morgan fingerprint density at radius 3 is 2.58 bits per heavy atom. The highest BCUT2D eigenvalue weighted by atomic mass is 16.5. The first-order chi connectivity index (χ1) is 11.5.